The van der Waals surface area contributed by atoms with Crippen LogP contribution >= 0.6 is 15.9 Å². The summed E-state index contributed by atoms with van der Waals surface area (Å²) < 4.78 is 11.6. The summed E-state index contributed by atoms with van der Waals surface area (Å²) in [5, 5.41) is 13.1. The number of benzene rings is 2. The molecule has 4 heterocycles. The fraction of sp³-hybridized carbons (Fsp3) is 0.579. The van der Waals surface area contributed by atoms with Gasteiger partial charge in [0.2, 0.25) is 0 Å². The number of fused-ring (bicyclic) bond motifs is 1. The van der Waals surface area contributed by atoms with Gasteiger partial charge in [-0.3, -0.25) is 14.5 Å². The number of carbonyl (C=O) groups is 4. The number of piperazine rings is 1. The molecule has 3 fully saturated rings. The number of aromatic hydroxyl groups is 1. The first kappa shape index (κ1) is 37.9. The van der Waals surface area contributed by atoms with Gasteiger partial charge in [-0.1, -0.05) is 24.3 Å². The van der Waals surface area contributed by atoms with E-state index in [1.807, 2.05) is 36.1 Å². The van der Waals surface area contributed by atoms with Crippen LogP contribution in [0.3, 0.4) is 0 Å². The molecule has 2 aromatic rings. The summed E-state index contributed by atoms with van der Waals surface area (Å²) in [5.74, 6) is -0.279. The van der Waals surface area contributed by atoms with Crippen LogP contribution in [-0.4, -0.2) is 144 Å². The first-order valence-electron chi connectivity index (χ1n) is 18.7. The molecule has 2 N–H and O–H groups in total. The van der Waals surface area contributed by atoms with Crippen molar-refractivity contribution < 1.29 is 33.8 Å². The highest BCUT2D eigenvalue weighted by Gasteiger charge is 2.36. The number of hydrogen-bond donors (Lipinski definition) is 2. The average Bonchev–Trinajstić information content (AvgIpc) is 3.33. The Labute approximate surface area is 314 Å². The minimum Gasteiger partial charge on any atom is -0.507 e. The number of ether oxygens (including phenoxy) is 2. The smallest absolute Gasteiger partial charge is 0.410 e. The molecule has 4 aliphatic rings. The number of likely N-dealkylation sites (tertiary alicyclic amines) is 2. The van der Waals surface area contributed by atoms with Crippen LogP contribution in [0.1, 0.15) is 50.2 Å². The van der Waals surface area contributed by atoms with E-state index >= 15 is 0 Å². The number of urea groups is 1. The van der Waals surface area contributed by atoms with Gasteiger partial charge < -0.3 is 39.5 Å². The van der Waals surface area contributed by atoms with Crippen LogP contribution in [0.25, 0.3) is 0 Å². The number of halogens is 1. The van der Waals surface area contributed by atoms with Gasteiger partial charge in [0.1, 0.15) is 5.75 Å². The number of hydrogen-bond acceptors (Lipinski definition) is 9. The lowest BCUT2D eigenvalue weighted by Gasteiger charge is -2.43. The van der Waals surface area contributed by atoms with E-state index in [9.17, 15) is 24.3 Å². The van der Waals surface area contributed by atoms with Gasteiger partial charge in [-0.15, -0.1) is 0 Å². The van der Waals surface area contributed by atoms with E-state index in [0.29, 0.717) is 75.7 Å². The van der Waals surface area contributed by atoms with Crippen molar-refractivity contribution >= 4 is 45.6 Å². The van der Waals surface area contributed by atoms with Gasteiger partial charge in [-0.2, -0.15) is 0 Å². The normalized spacial score (nSPS) is 20.1. The molecule has 1 unspecified atom stereocenters. The Kier molecular flexibility index (Phi) is 12.9. The number of amides is 4. The number of piperidine rings is 2. The number of esters is 1. The van der Waals surface area contributed by atoms with Gasteiger partial charge in [-0.05, 0) is 97.4 Å². The summed E-state index contributed by atoms with van der Waals surface area (Å²) >= 11 is 3.37. The van der Waals surface area contributed by atoms with Gasteiger partial charge in [0.05, 0.1) is 17.5 Å². The Hall–Kier alpha value is -3.88. The first-order valence-corrected chi connectivity index (χ1v) is 19.5. The van der Waals surface area contributed by atoms with E-state index < -0.39 is 12.2 Å². The highest BCUT2D eigenvalue weighted by atomic mass is 79.9. The van der Waals surface area contributed by atoms with Crippen molar-refractivity contribution in [3.63, 3.8) is 0 Å². The predicted octanol–water partition coefficient (Wildman–Crippen LogP) is 4.32. The van der Waals surface area contributed by atoms with E-state index in [2.05, 4.69) is 31.0 Å². The molecule has 0 saturated carbocycles. The Morgan fingerprint density at radius 2 is 1.62 bits per heavy atom. The predicted molar refractivity (Wildman–Crippen MR) is 199 cm³/mol. The summed E-state index contributed by atoms with van der Waals surface area (Å²) in [5.41, 5.74) is 2.72. The standard InChI is InChI=1S/C38H51BrN6O7/c1-2-51-35(47)14-17-41-15-10-29(11-16-41)42-21-23-43(24-22-42)36(48)34(26-27-7-8-33(46)31(39)25-27)52-38(50)44-18-12-30(13-19-44)45-20-9-28-5-3-4-6-32(28)40-37(45)49/h3-8,25,29-30,34,46H,2,9-24,26H2,1H3,(H,40,49). The van der Waals surface area contributed by atoms with Crippen LogP contribution in [-0.2, 0) is 31.9 Å². The first-order chi connectivity index (χ1) is 25.2. The Morgan fingerprint density at radius 1 is 0.904 bits per heavy atom. The summed E-state index contributed by atoms with van der Waals surface area (Å²) in [7, 11) is 0. The van der Waals surface area contributed by atoms with Crippen LogP contribution in [0.4, 0.5) is 15.3 Å². The van der Waals surface area contributed by atoms with Crippen LogP contribution < -0.4 is 5.32 Å². The quantitative estimate of drug-likeness (QED) is 0.338. The number of rotatable bonds is 10. The highest BCUT2D eigenvalue weighted by Crippen LogP contribution is 2.28. The van der Waals surface area contributed by atoms with E-state index in [1.165, 1.54) is 0 Å². The van der Waals surface area contributed by atoms with Crippen LogP contribution in [0, 0.1) is 0 Å². The largest absolute Gasteiger partial charge is 0.507 e. The zero-order valence-corrected chi connectivity index (χ0v) is 31.6. The maximum atomic E-state index is 14.0. The van der Waals surface area contributed by atoms with Gasteiger partial charge in [0.25, 0.3) is 5.91 Å². The molecule has 14 heteroatoms. The van der Waals surface area contributed by atoms with Crippen molar-refractivity contribution in [3.05, 3.63) is 58.1 Å². The van der Waals surface area contributed by atoms with Crippen molar-refractivity contribution in [2.45, 2.75) is 70.1 Å². The lowest BCUT2D eigenvalue weighted by molar-refractivity contribution is -0.144. The molecule has 0 spiro atoms. The molecule has 6 rings (SSSR count). The molecule has 0 aliphatic carbocycles. The number of phenolic OH excluding ortho intramolecular Hbond substituents is 1. The Balaban J connectivity index is 1.02. The molecule has 2 aromatic carbocycles. The SMILES string of the molecule is CCOC(=O)CCN1CCC(N2CCN(C(=O)C(Cc3ccc(O)c(Br)c3)OC(=O)N3CCC(N4CCc5ccccc5NC4=O)CC3)CC2)CC1. The van der Waals surface area contributed by atoms with Crippen molar-refractivity contribution in [3.8, 4) is 5.75 Å². The number of para-hydroxylation sites is 1. The van der Waals surface area contributed by atoms with E-state index in [1.54, 1.807) is 28.0 Å². The Bertz CT molecular complexity index is 1570. The zero-order chi connectivity index (χ0) is 36.6. The highest BCUT2D eigenvalue weighted by molar-refractivity contribution is 9.10. The summed E-state index contributed by atoms with van der Waals surface area (Å²) in [6.45, 7) is 8.84. The average molecular weight is 784 g/mol. The topological polar surface area (TPSA) is 135 Å². The number of phenols is 1. The molecule has 0 bridgehead atoms. The van der Waals surface area contributed by atoms with Crippen LogP contribution in [0.15, 0.2) is 46.9 Å². The molecule has 13 nitrogen and oxygen atoms in total. The molecular formula is C38H51BrN6O7. The third-order valence-corrected chi connectivity index (χ3v) is 11.5. The number of nitrogens with zero attached hydrogens (tertiary/aromatic N) is 5. The second-order valence-corrected chi connectivity index (χ2v) is 15.0. The third kappa shape index (κ3) is 9.56. The zero-order valence-electron chi connectivity index (χ0n) is 30.0. The molecule has 282 valence electrons. The van der Waals surface area contributed by atoms with Crippen molar-refractivity contribution in [1.29, 1.82) is 0 Å². The van der Waals surface area contributed by atoms with Gasteiger partial charge >= 0.3 is 18.1 Å². The van der Waals surface area contributed by atoms with Crippen molar-refractivity contribution in [1.82, 2.24) is 24.5 Å². The molecule has 52 heavy (non-hydrogen) atoms. The fourth-order valence-corrected chi connectivity index (χ4v) is 8.29. The van der Waals surface area contributed by atoms with Crippen molar-refractivity contribution in [2.24, 2.45) is 0 Å². The second kappa shape index (κ2) is 17.8. The monoisotopic (exact) mass is 782 g/mol. The van der Waals surface area contributed by atoms with Crippen LogP contribution in [0.5, 0.6) is 5.75 Å². The molecule has 3 saturated heterocycles. The van der Waals surface area contributed by atoms with Crippen molar-refractivity contribution in [2.75, 3.05) is 77.4 Å². The summed E-state index contributed by atoms with van der Waals surface area (Å²) in [6, 6.07) is 13.2. The van der Waals surface area contributed by atoms with E-state index in [-0.39, 0.29) is 36.1 Å². The van der Waals surface area contributed by atoms with E-state index in [0.717, 1.165) is 62.3 Å². The molecule has 0 aromatic heterocycles. The maximum absolute atomic E-state index is 14.0. The minimum absolute atomic E-state index is 0.00160. The molecular weight excluding hydrogens is 732 g/mol. The second-order valence-electron chi connectivity index (χ2n) is 14.1. The maximum Gasteiger partial charge on any atom is 0.410 e. The van der Waals surface area contributed by atoms with Crippen LogP contribution in [0.2, 0.25) is 0 Å². The molecule has 4 aliphatic heterocycles. The molecule has 0 radical (unpaired) electrons. The lowest BCUT2D eigenvalue weighted by Crippen LogP contribution is -2.56. The van der Waals surface area contributed by atoms with E-state index in [4.69, 9.17) is 9.47 Å². The minimum atomic E-state index is -1.02. The Morgan fingerprint density at radius 3 is 2.33 bits per heavy atom. The molecule has 1 atom stereocenters. The van der Waals surface area contributed by atoms with Gasteiger partial charge in [0, 0.05) is 76.5 Å². The third-order valence-electron chi connectivity index (χ3n) is 10.9. The van der Waals surface area contributed by atoms with Gasteiger partial charge in [0.15, 0.2) is 6.10 Å². The van der Waals surface area contributed by atoms with Gasteiger partial charge in [-0.25, -0.2) is 9.59 Å². The fourth-order valence-electron chi connectivity index (χ4n) is 7.87. The number of carbonyl (C=O) groups excluding carboxylic acids is 4. The number of nitrogens with one attached hydrogen (secondary N) is 1. The summed E-state index contributed by atoms with van der Waals surface area (Å²) in [6.07, 6.45) is 3.07. The summed E-state index contributed by atoms with van der Waals surface area (Å²) in [4.78, 5) is 62.6. The molecule has 4 amide bonds. The number of anilines is 1. The lowest BCUT2D eigenvalue weighted by atomic mass is 10.0.